The van der Waals surface area contributed by atoms with Crippen molar-refractivity contribution in [2.75, 3.05) is 13.2 Å². The summed E-state index contributed by atoms with van der Waals surface area (Å²) in [6.45, 7) is 1.05. The first-order valence-electron chi connectivity index (χ1n) is 7.92. The SMILES string of the molecule is O=C(COc1ccccc1Br)N1CCCC2CCCCC21. The van der Waals surface area contributed by atoms with Gasteiger partial charge < -0.3 is 9.64 Å². The van der Waals surface area contributed by atoms with Crippen LogP contribution in [0.25, 0.3) is 0 Å². The molecule has 21 heavy (non-hydrogen) atoms. The number of ether oxygens (including phenoxy) is 1. The number of hydrogen-bond acceptors (Lipinski definition) is 2. The van der Waals surface area contributed by atoms with E-state index in [9.17, 15) is 4.79 Å². The molecule has 2 atom stereocenters. The van der Waals surface area contributed by atoms with Gasteiger partial charge in [0.1, 0.15) is 5.75 Å². The van der Waals surface area contributed by atoms with Crippen LogP contribution in [-0.4, -0.2) is 30.0 Å². The van der Waals surface area contributed by atoms with E-state index in [2.05, 4.69) is 20.8 Å². The van der Waals surface area contributed by atoms with Gasteiger partial charge in [0, 0.05) is 12.6 Å². The summed E-state index contributed by atoms with van der Waals surface area (Å²) in [5.41, 5.74) is 0. The first-order valence-corrected chi connectivity index (χ1v) is 8.72. The van der Waals surface area contributed by atoms with Gasteiger partial charge in [-0.3, -0.25) is 4.79 Å². The fourth-order valence-corrected chi connectivity index (χ4v) is 4.12. The van der Waals surface area contributed by atoms with Crippen LogP contribution >= 0.6 is 15.9 Å². The van der Waals surface area contributed by atoms with E-state index in [0.717, 1.165) is 29.1 Å². The zero-order valence-electron chi connectivity index (χ0n) is 12.3. The first-order chi connectivity index (χ1) is 10.3. The third-order valence-corrected chi connectivity index (χ3v) is 5.41. The number of para-hydroxylation sites is 1. The van der Waals surface area contributed by atoms with E-state index < -0.39 is 0 Å². The number of likely N-dealkylation sites (tertiary alicyclic amines) is 1. The second kappa shape index (κ2) is 6.82. The van der Waals surface area contributed by atoms with Crippen LogP contribution in [0, 0.1) is 5.92 Å². The van der Waals surface area contributed by atoms with Crippen LogP contribution in [0.15, 0.2) is 28.7 Å². The minimum absolute atomic E-state index is 0.141. The second-order valence-corrected chi connectivity index (χ2v) is 6.91. The zero-order chi connectivity index (χ0) is 14.7. The van der Waals surface area contributed by atoms with Gasteiger partial charge >= 0.3 is 0 Å². The molecule has 1 aliphatic heterocycles. The lowest BCUT2D eigenvalue weighted by atomic mass is 9.78. The molecule has 0 aromatic heterocycles. The topological polar surface area (TPSA) is 29.5 Å². The van der Waals surface area contributed by atoms with Crippen LogP contribution in [0.2, 0.25) is 0 Å². The maximum Gasteiger partial charge on any atom is 0.260 e. The highest BCUT2D eigenvalue weighted by Crippen LogP contribution is 2.35. The fraction of sp³-hybridized carbons (Fsp3) is 0.588. The molecule has 3 nitrogen and oxygen atoms in total. The van der Waals surface area contributed by atoms with Crippen molar-refractivity contribution in [1.82, 2.24) is 4.90 Å². The summed E-state index contributed by atoms with van der Waals surface area (Å²) in [6.07, 6.45) is 7.49. The number of halogens is 1. The molecule has 2 unspecified atom stereocenters. The molecule has 2 fully saturated rings. The van der Waals surface area contributed by atoms with Crippen LogP contribution < -0.4 is 4.74 Å². The molecule has 4 heteroatoms. The Hall–Kier alpha value is -1.03. The van der Waals surface area contributed by atoms with Crippen molar-refractivity contribution < 1.29 is 9.53 Å². The Morgan fingerprint density at radius 1 is 1.19 bits per heavy atom. The predicted molar refractivity (Wildman–Crippen MR) is 86.3 cm³/mol. The lowest BCUT2D eigenvalue weighted by Crippen LogP contribution is -2.51. The number of fused-ring (bicyclic) bond motifs is 1. The van der Waals surface area contributed by atoms with Gasteiger partial charge in [-0.05, 0) is 59.7 Å². The molecule has 1 aromatic rings. The monoisotopic (exact) mass is 351 g/mol. The van der Waals surface area contributed by atoms with E-state index in [1.807, 2.05) is 24.3 Å². The fourth-order valence-electron chi connectivity index (χ4n) is 3.72. The molecule has 3 rings (SSSR count). The first kappa shape index (κ1) is 14.9. The second-order valence-electron chi connectivity index (χ2n) is 6.06. The van der Waals surface area contributed by atoms with E-state index >= 15 is 0 Å². The van der Waals surface area contributed by atoms with Crippen LogP contribution in [0.1, 0.15) is 38.5 Å². The maximum absolute atomic E-state index is 12.5. The van der Waals surface area contributed by atoms with E-state index in [0.29, 0.717) is 6.04 Å². The van der Waals surface area contributed by atoms with Crippen molar-refractivity contribution in [3.63, 3.8) is 0 Å². The lowest BCUT2D eigenvalue weighted by Gasteiger charge is -2.44. The Morgan fingerprint density at radius 3 is 2.81 bits per heavy atom. The van der Waals surface area contributed by atoms with Crippen molar-refractivity contribution in [2.24, 2.45) is 5.92 Å². The molecule has 1 saturated heterocycles. The van der Waals surface area contributed by atoms with Crippen molar-refractivity contribution >= 4 is 21.8 Å². The van der Waals surface area contributed by atoms with E-state index in [1.165, 1.54) is 32.1 Å². The smallest absolute Gasteiger partial charge is 0.260 e. The molecule has 1 amide bonds. The van der Waals surface area contributed by atoms with Crippen molar-refractivity contribution in [3.05, 3.63) is 28.7 Å². The molecular weight excluding hydrogens is 330 g/mol. The van der Waals surface area contributed by atoms with Gasteiger partial charge in [-0.1, -0.05) is 25.0 Å². The molecule has 0 radical (unpaired) electrons. The molecule has 114 valence electrons. The van der Waals surface area contributed by atoms with Crippen molar-refractivity contribution in [1.29, 1.82) is 0 Å². The third kappa shape index (κ3) is 3.42. The molecule has 0 bridgehead atoms. The minimum Gasteiger partial charge on any atom is -0.483 e. The highest BCUT2D eigenvalue weighted by molar-refractivity contribution is 9.10. The van der Waals surface area contributed by atoms with Crippen LogP contribution in [0.5, 0.6) is 5.75 Å². The molecule has 0 spiro atoms. The molecule has 0 N–H and O–H groups in total. The number of hydrogen-bond donors (Lipinski definition) is 0. The Morgan fingerprint density at radius 2 is 1.95 bits per heavy atom. The molecule has 1 saturated carbocycles. The Bertz CT molecular complexity index is 503. The standard InChI is InChI=1S/C17H22BrNO2/c18-14-8-2-4-10-16(14)21-12-17(20)19-11-5-7-13-6-1-3-9-15(13)19/h2,4,8,10,13,15H,1,3,5-7,9,11-12H2. The van der Waals surface area contributed by atoms with Gasteiger partial charge in [-0.25, -0.2) is 0 Å². The van der Waals surface area contributed by atoms with Crippen molar-refractivity contribution in [3.8, 4) is 5.75 Å². The number of carbonyl (C=O) groups excluding carboxylic acids is 1. The van der Waals surface area contributed by atoms with Crippen LogP contribution in [0.3, 0.4) is 0 Å². The number of carbonyl (C=O) groups is 1. The summed E-state index contributed by atoms with van der Waals surface area (Å²) in [5, 5.41) is 0. The largest absolute Gasteiger partial charge is 0.483 e. The predicted octanol–water partition coefficient (Wildman–Crippen LogP) is 4.01. The summed E-state index contributed by atoms with van der Waals surface area (Å²) in [4.78, 5) is 14.6. The van der Waals surface area contributed by atoms with Gasteiger partial charge in [-0.2, -0.15) is 0 Å². The molecule has 1 aliphatic carbocycles. The number of amides is 1. The summed E-state index contributed by atoms with van der Waals surface area (Å²) in [5.74, 6) is 1.60. The van der Waals surface area contributed by atoms with Crippen LogP contribution in [0.4, 0.5) is 0 Å². The summed E-state index contributed by atoms with van der Waals surface area (Å²) >= 11 is 3.45. The lowest BCUT2D eigenvalue weighted by molar-refractivity contribution is -0.139. The Balaban J connectivity index is 1.60. The molecule has 1 heterocycles. The highest BCUT2D eigenvalue weighted by Gasteiger charge is 2.35. The van der Waals surface area contributed by atoms with E-state index in [1.54, 1.807) is 0 Å². The van der Waals surface area contributed by atoms with Gasteiger partial charge in [0.25, 0.3) is 5.91 Å². The quantitative estimate of drug-likeness (QED) is 0.823. The van der Waals surface area contributed by atoms with E-state index in [-0.39, 0.29) is 12.5 Å². The van der Waals surface area contributed by atoms with Gasteiger partial charge in [0.15, 0.2) is 6.61 Å². The summed E-state index contributed by atoms with van der Waals surface area (Å²) in [7, 11) is 0. The average molecular weight is 352 g/mol. The van der Waals surface area contributed by atoms with Gasteiger partial charge in [0.05, 0.1) is 4.47 Å². The highest BCUT2D eigenvalue weighted by atomic mass is 79.9. The molecule has 1 aromatic carbocycles. The Kier molecular flexibility index (Phi) is 4.84. The van der Waals surface area contributed by atoms with Gasteiger partial charge in [-0.15, -0.1) is 0 Å². The van der Waals surface area contributed by atoms with E-state index in [4.69, 9.17) is 4.74 Å². The average Bonchev–Trinajstić information content (AvgIpc) is 2.53. The number of nitrogens with zero attached hydrogens (tertiary/aromatic N) is 1. The maximum atomic E-state index is 12.5. The van der Waals surface area contributed by atoms with Crippen molar-refractivity contribution in [2.45, 2.75) is 44.6 Å². The Labute approximate surface area is 134 Å². The summed E-state index contributed by atoms with van der Waals surface area (Å²) < 4.78 is 6.59. The van der Waals surface area contributed by atoms with Gasteiger partial charge in [0.2, 0.25) is 0 Å². The molecule has 2 aliphatic rings. The van der Waals surface area contributed by atoms with Crippen LogP contribution in [-0.2, 0) is 4.79 Å². The third-order valence-electron chi connectivity index (χ3n) is 4.75. The minimum atomic E-state index is 0.141. The number of benzene rings is 1. The summed E-state index contributed by atoms with van der Waals surface area (Å²) in [6, 6.07) is 8.14. The normalized spacial score (nSPS) is 25.3. The number of rotatable bonds is 3. The molecular formula is C17H22BrNO2. The number of piperidine rings is 1. The zero-order valence-corrected chi connectivity index (χ0v) is 13.8.